The third-order valence-electron chi connectivity index (χ3n) is 5.45. The third kappa shape index (κ3) is 3.31. The average Bonchev–Trinajstić information content (AvgIpc) is 3.02. The van der Waals surface area contributed by atoms with Crippen LogP contribution in [0, 0.1) is 5.92 Å². The van der Waals surface area contributed by atoms with Crippen molar-refractivity contribution in [2.75, 3.05) is 13.2 Å². The van der Waals surface area contributed by atoms with Crippen molar-refractivity contribution in [2.45, 2.75) is 44.5 Å². The van der Waals surface area contributed by atoms with E-state index in [2.05, 4.69) is 42.5 Å². The summed E-state index contributed by atoms with van der Waals surface area (Å²) in [5.74, 6) is 0.769. The number of ether oxygens (including phenoxy) is 3. The maximum absolute atomic E-state index is 6.46. The quantitative estimate of drug-likeness (QED) is 0.775. The van der Waals surface area contributed by atoms with Gasteiger partial charge in [-0.3, -0.25) is 0 Å². The van der Waals surface area contributed by atoms with Crippen LogP contribution in [0.5, 0.6) is 5.75 Å². The van der Waals surface area contributed by atoms with Crippen LogP contribution < -0.4 is 4.74 Å². The van der Waals surface area contributed by atoms with Crippen LogP contribution in [0.2, 0.25) is 0 Å². The average molecular weight is 338 g/mol. The molecule has 2 aliphatic heterocycles. The zero-order chi connectivity index (χ0) is 17.1. The Bertz CT molecular complexity index is 699. The van der Waals surface area contributed by atoms with Crippen LogP contribution in [0.25, 0.3) is 0 Å². The van der Waals surface area contributed by atoms with Crippen molar-refractivity contribution in [1.29, 1.82) is 0 Å². The summed E-state index contributed by atoms with van der Waals surface area (Å²) in [5, 5.41) is 0. The van der Waals surface area contributed by atoms with Gasteiger partial charge in [0.2, 0.25) is 5.79 Å². The standard InChI is InChI=1S/C22H26O3/c1-2-23-21-16-22(25-20-11-7-6-10-19(20)21)18(14-15-24-22)13-12-17-8-4-3-5-9-17/h3-11,18,21H,2,12-16H2,1H3/t18-,21-,22-/m0/s1. The van der Waals surface area contributed by atoms with E-state index in [-0.39, 0.29) is 6.10 Å². The maximum Gasteiger partial charge on any atom is 0.216 e. The van der Waals surface area contributed by atoms with E-state index in [4.69, 9.17) is 14.2 Å². The molecule has 3 nitrogen and oxygen atoms in total. The highest BCUT2D eigenvalue weighted by Gasteiger charge is 2.51. The zero-order valence-electron chi connectivity index (χ0n) is 14.8. The summed E-state index contributed by atoms with van der Waals surface area (Å²) in [6, 6.07) is 18.9. The van der Waals surface area contributed by atoms with Gasteiger partial charge in [0, 0.05) is 24.5 Å². The zero-order valence-corrected chi connectivity index (χ0v) is 14.8. The van der Waals surface area contributed by atoms with E-state index in [1.165, 1.54) is 5.56 Å². The molecule has 2 aliphatic rings. The second-order valence-corrected chi connectivity index (χ2v) is 6.96. The predicted molar refractivity (Wildman–Crippen MR) is 97.6 cm³/mol. The van der Waals surface area contributed by atoms with Crippen molar-refractivity contribution in [3.63, 3.8) is 0 Å². The first-order valence-corrected chi connectivity index (χ1v) is 9.38. The molecule has 0 aromatic heterocycles. The lowest BCUT2D eigenvalue weighted by Crippen LogP contribution is -2.46. The first-order valence-electron chi connectivity index (χ1n) is 9.38. The summed E-state index contributed by atoms with van der Waals surface area (Å²) in [4.78, 5) is 0. The molecular formula is C22H26O3. The van der Waals surface area contributed by atoms with Crippen molar-refractivity contribution < 1.29 is 14.2 Å². The molecular weight excluding hydrogens is 312 g/mol. The Kier molecular flexibility index (Phi) is 4.78. The lowest BCUT2D eigenvalue weighted by molar-refractivity contribution is -0.209. The van der Waals surface area contributed by atoms with Gasteiger partial charge in [-0.05, 0) is 37.8 Å². The number of para-hydroxylation sites is 1. The van der Waals surface area contributed by atoms with Crippen molar-refractivity contribution in [3.05, 3.63) is 65.7 Å². The SMILES string of the molecule is CCO[C@H]1C[C@]2(OCC[C@@H]2CCc2ccccc2)Oc2ccccc21. The lowest BCUT2D eigenvalue weighted by Gasteiger charge is -2.42. The van der Waals surface area contributed by atoms with Crippen LogP contribution in [0.4, 0.5) is 0 Å². The van der Waals surface area contributed by atoms with Gasteiger partial charge in [-0.1, -0.05) is 48.5 Å². The van der Waals surface area contributed by atoms with Crippen LogP contribution in [-0.2, 0) is 15.9 Å². The van der Waals surface area contributed by atoms with Crippen LogP contribution >= 0.6 is 0 Å². The molecule has 2 heterocycles. The van der Waals surface area contributed by atoms with Crippen LogP contribution in [0.15, 0.2) is 54.6 Å². The van der Waals surface area contributed by atoms with Gasteiger partial charge in [-0.2, -0.15) is 0 Å². The van der Waals surface area contributed by atoms with Crippen molar-refractivity contribution in [3.8, 4) is 5.75 Å². The Hall–Kier alpha value is -1.84. The molecule has 1 spiro atoms. The molecule has 2 aromatic carbocycles. The van der Waals surface area contributed by atoms with Gasteiger partial charge < -0.3 is 14.2 Å². The van der Waals surface area contributed by atoms with E-state index in [1.54, 1.807) is 0 Å². The van der Waals surface area contributed by atoms with E-state index in [0.717, 1.165) is 43.6 Å². The van der Waals surface area contributed by atoms with E-state index >= 15 is 0 Å². The molecule has 1 fully saturated rings. The molecule has 0 aliphatic carbocycles. The second-order valence-electron chi connectivity index (χ2n) is 6.96. The first kappa shape index (κ1) is 16.6. The minimum absolute atomic E-state index is 0.0484. The number of aryl methyl sites for hydroxylation is 1. The van der Waals surface area contributed by atoms with E-state index < -0.39 is 5.79 Å². The molecule has 1 saturated heterocycles. The maximum atomic E-state index is 6.46. The summed E-state index contributed by atoms with van der Waals surface area (Å²) in [5.41, 5.74) is 2.52. The van der Waals surface area contributed by atoms with Gasteiger partial charge in [0.15, 0.2) is 0 Å². The number of hydrogen-bond acceptors (Lipinski definition) is 3. The molecule has 0 unspecified atom stereocenters. The number of fused-ring (bicyclic) bond motifs is 1. The van der Waals surface area contributed by atoms with Crippen molar-refractivity contribution >= 4 is 0 Å². The largest absolute Gasteiger partial charge is 0.462 e. The normalized spacial score (nSPS) is 27.9. The minimum Gasteiger partial charge on any atom is -0.462 e. The Labute approximate surface area is 149 Å². The molecule has 0 bridgehead atoms. The number of benzene rings is 2. The number of hydrogen-bond donors (Lipinski definition) is 0. The fourth-order valence-corrected chi connectivity index (χ4v) is 4.19. The van der Waals surface area contributed by atoms with Gasteiger partial charge in [-0.25, -0.2) is 0 Å². The molecule has 3 heteroatoms. The molecule has 0 radical (unpaired) electrons. The van der Waals surface area contributed by atoms with Gasteiger partial charge in [0.25, 0.3) is 0 Å². The molecule has 0 saturated carbocycles. The van der Waals surface area contributed by atoms with Crippen LogP contribution in [0.1, 0.15) is 43.4 Å². The van der Waals surface area contributed by atoms with Gasteiger partial charge >= 0.3 is 0 Å². The lowest BCUT2D eigenvalue weighted by atomic mass is 9.84. The molecule has 132 valence electrons. The Morgan fingerprint density at radius 3 is 2.72 bits per heavy atom. The van der Waals surface area contributed by atoms with Crippen molar-refractivity contribution in [1.82, 2.24) is 0 Å². The second kappa shape index (κ2) is 7.19. The molecule has 0 amide bonds. The highest BCUT2D eigenvalue weighted by atomic mass is 16.7. The van der Waals surface area contributed by atoms with Gasteiger partial charge in [0.05, 0.1) is 12.7 Å². The highest BCUT2D eigenvalue weighted by molar-refractivity contribution is 5.38. The Morgan fingerprint density at radius 2 is 1.88 bits per heavy atom. The van der Waals surface area contributed by atoms with E-state index in [0.29, 0.717) is 12.5 Å². The highest BCUT2D eigenvalue weighted by Crippen LogP contribution is 2.49. The summed E-state index contributed by atoms with van der Waals surface area (Å²) in [7, 11) is 0. The number of rotatable bonds is 5. The fraction of sp³-hybridized carbons (Fsp3) is 0.455. The fourth-order valence-electron chi connectivity index (χ4n) is 4.19. The first-order chi connectivity index (χ1) is 12.3. The summed E-state index contributed by atoms with van der Waals surface area (Å²) >= 11 is 0. The van der Waals surface area contributed by atoms with Crippen LogP contribution in [0.3, 0.4) is 0 Å². The minimum atomic E-state index is -0.539. The molecule has 4 rings (SSSR count). The molecule has 2 aromatic rings. The molecule has 0 N–H and O–H groups in total. The van der Waals surface area contributed by atoms with Crippen LogP contribution in [-0.4, -0.2) is 19.0 Å². The smallest absolute Gasteiger partial charge is 0.216 e. The van der Waals surface area contributed by atoms with Crippen molar-refractivity contribution in [2.24, 2.45) is 5.92 Å². The van der Waals surface area contributed by atoms with E-state index in [9.17, 15) is 0 Å². The Morgan fingerprint density at radius 1 is 1.08 bits per heavy atom. The molecule has 3 atom stereocenters. The monoisotopic (exact) mass is 338 g/mol. The third-order valence-corrected chi connectivity index (χ3v) is 5.45. The topological polar surface area (TPSA) is 27.7 Å². The Balaban J connectivity index is 1.55. The predicted octanol–water partition coefficient (Wildman–Crippen LogP) is 4.91. The summed E-state index contributed by atoms with van der Waals surface area (Å²) in [6.07, 6.45) is 4.00. The van der Waals surface area contributed by atoms with Gasteiger partial charge in [-0.15, -0.1) is 0 Å². The van der Waals surface area contributed by atoms with Gasteiger partial charge in [0.1, 0.15) is 5.75 Å². The molecule has 25 heavy (non-hydrogen) atoms. The van der Waals surface area contributed by atoms with E-state index in [1.807, 2.05) is 19.1 Å². The summed E-state index contributed by atoms with van der Waals surface area (Å²) < 4.78 is 18.7. The summed E-state index contributed by atoms with van der Waals surface area (Å²) in [6.45, 7) is 3.51.